The first-order valence-electron chi connectivity index (χ1n) is 6.90. The second kappa shape index (κ2) is 8.14. The van der Waals surface area contributed by atoms with Crippen molar-refractivity contribution in [3.8, 4) is 5.75 Å². The molecular weight excluding hydrogens is 272 g/mol. The van der Waals surface area contributed by atoms with Gasteiger partial charge in [-0.25, -0.2) is 9.59 Å². The number of ether oxygens (including phenoxy) is 1. The monoisotopic (exact) mass is 294 g/mol. The Morgan fingerprint density at radius 2 is 2.14 bits per heavy atom. The van der Waals surface area contributed by atoms with Gasteiger partial charge in [0.15, 0.2) is 0 Å². The number of amides is 2. The van der Waals surface area contributed by atoms with Crippen molar-refractivity contribution < 1.29 is 19.4 Å². The normalized spacial score (nSPS) is 11.6. The van der Waals surface area contributed by atoms with Crippen LogP contribution in [0, 0.1) is 0 Å². The molecule has 1 aromatic carbocycles. The van der Waals surface area contributed by atoms with Crippen LogP contribution in [0.4, 0.5) is 10.5 Å². The largest absolute Gasteiger partial charge is 0.497 e. The van der Waals surface area contributed by atoms with Crippen molar-refractivity contribution in [1.29, 1.82) is 0 Å². The van der Waals surface area contributed by atoms with Crippen molar-refractivity contribution in [2.75, 3.05) is 19.1 Å². The van der Waals surface area contributed by atoms with Gasteiger partial charge in [0.25, 0.3) is 0 Å². The second-order valence-electron chi connectivity index (χ2n) is 4.74. The summed E-state index contributed by atoms with van der Waals surface area (Å²) in [7, 11) is 3.13. The standard InChI is InChI=1S/C15H22N2O4/c1-4-5-9-13(14(18)19)16-15(20)17(2)11-7-6-8-12(10-11)21-3/h6-8,10,13H,4-5,9H2,1-3H3,(H,16,20)(H,18,19). The van der Waals surface area contributed by atoms with Gasteiger partial charge in [-0.3, -0.25) is 4.90 Å². The minimum atomic E-state index is -1.02. The number of carboxylic acids is 1. The Morgan fingerprint density at radius 1 is 1.43 bits per heavy atom. The van der Waals surface area contributed by atoms with E-state index >= 15 is 0 Å². The zero-order valence-electron chi connectivity index (χ0n) is 12.6. The Balaban J connectivity index is 2.74. The molecule has 1 rings (SSSR count). The van der Waals surface area contributed by atoms with E-state index in [1.54, 1.807) is 38.4 Å². The molecule has 116 valence electrons. The van der Waals surface area contributed by atoms with Crippen LogP contribution in [0.25, 0.3) is 0 Å². The quantitative estimate of drug-likeness (QED) is 0.809. The lowest BCUT2D eigenvalue weighted by molar-refractivity contribution is -0.139. The second-order valence-corrected chi connectivity index (χ2v) is 4.74. The fourth-order valence-electron chi connectivity index (χ4n) is 1.85. The molecule has 21 heavy (non-hydrogen) atoms. The van der Waals surface area contributed by atoms with E-state index in [-0.39, 0.29) is 0 Å². The van der Waals surface area contributed by atoms with E-state index < -0.39 is 18.0 Å². The summed E-state index contributed by atoms with van der Waals surface area (Å²) >= 11 is 0. The van der Waals surface area contributed by atoms with Gasteiger partial charge in [-0.15, -0.1) is 0 Å². The van der Waals surface area contributed by atoms with Gasteiger partial charge in [-0.2, -0.15) is 0 Å². The number of methoxy groups -OCH3 is 1. The summed E-state index contributed by atoms with van der Waals surface area (Å²) in [5, 5.41) is 11.7. The predicted molar refractivity (Wildman–Crippen MR) is 80.9 cm³/mol. The minimum Gasteiger partial charge on any atom is -0.497 e. The number of benzene rings is 1. The molecule has 0 radical (unpaired) electrons. The summed E-state index contributed by atoms with van der Waals surface area (Å²) in [6.45, 7) is 1.98. The van der Waals surface area contributed by atoms with Crippen LogP contribution in [0.2, 0.25) is 0 Å². The number of hydrogen-bond donors (Lipinski definition) is 2. The molecule has 1 unspecified atom stereocenters. The molecule has 2 amide bonds. The highest BCUT2D eigenvalue weighted by molar-refractivity contribution is 5.94. The zero-order valence-corrected chi connectivity index (χ0v) is 12.6. The number of carboxylic acid groups (broad SMARTS) is 1. The average Bonchev–Trinajstić information content (AvgIpc) is 2.50. The molecule has 2 N–H and O–H groups in total. The Hall–Kier alpha value is -2.24. The smallest absolute Gasteiger partial charge is 0.326 e. The summed E-state index contributed by atoms with van der Waals surface area (Å²) in [6.07, 6.45) is 2.05. The Bertz CT molecular complexity index is 490. The molecule has 6 heteroatoms. The molecular formula is C15H22N2O4. The Morgan fingerprint density at radius 3 is 2.71 bits per heavy atom. The summed E-state index contributed by atoms with van der Waals surface area (Å²) in [4.78, 5) is 24.6. The molecule has 1 atom stereocenters. The molecule has 0 aromatic heterocycles. The van der Waals surface area contributed by atoms with Crippen molar-refractivity contribution in [2.45, 2.75) is 32.2 Å². The van der Waals surface area contributed by atoms with E-state index in [9.17, 15) is 9.59 Å². The molecule has 0 bridgehead atoms. The molecule has 6 nitrogen and oxygen atoms in total. The Labute approximate surface area is 124 Å². The number of anilines is 1. The van der Waals surface area contributed by atoms with Crippen LogP contribution in [0.15, 0.2) is 24.3 Å². The summed E-state index contributed by atoms with van der Waals surface area (Å²) in [5.41, 5.74) is 0.631. The highest BCUT2D eigenvalue weighted by Crippen LogP contribution is 2.20. The number of carbonyl (C=O) groups excluding carboxylic acids is 1. The number of hydrogen-bond acceptors (Lipinski definition) is 3. The van der Waals surface area contributed by atoms with Gasteiger partial charge >= 0.3 is 12.0 Å². The van der Waals surface area contributed by atoms with Gasteiger partial charge in [0.2, 0.25) is 0 Å². The van der Waals surface area contributed by atoms with Crippen molar-refractivity contribution in [3.05, 3.63) is 24.3 Å². The van der Waals surface area contributed by atoms with Gasteiger partial charge in [0, 0.05) is 18.8 Å². The van der Waals surface area contributed by atoms with Crippen molar-refractivity contribution in [1.82, 2.24) is 5.32 Å². The first kappa shape index (κ1) is 16.8. The SMILES string of the molecule is CCCCC(NC(=O)N(C)c1cccc(OC)c1)C(=O)O. The molecule has 0 aliphatic carbocycles. The van der Waals surface area contributed by atoms with E-state index in [2.05, 4.69) is 5.32 Å². The fourth-order valence-corrected chi connectivity index (χ4v) is 1.85. The van der Waals surface area contributed by atoms with Gasteiger partial charge in [-0.05, 0) is 18.6 Å². The summed E-state index contributed by atoms with van der Waals surface area (Å²) < 4.78 is 5.10. The van der Waals surface area contributed by atoms with E-state index in [1.165, 1.54) is 4.90 Å². The lowest BCUT2D eigenvalue weighted by Crippen LogP contribution is -2.46. The van der Waals surface area contributed by atoms with Crippen LogP contribution in [0.1, 0.15) is 26.2 Å². The molecule has 0 heterocycles. The highest BCUT2D eigenvalue weighted by atomic mass is 16.5. The van der Waals surface area contributed by atoms with Crippen molar-refractivity contribution >= 4 is 17.7 Å². The molecule has 0 aliphatic rings. The first-order chi connectivity index (χ1) is 9.99. The summed E-state index contributed by atoms with van der Waals surface area (Å²) in [5.74, 6) is -0.385. The first-order valence-corrected chi connectivity index (χ1v) is 6.90. The molecule has 0 spiro atoms. The van der Waals surface area contributed by atoms with Gasteiger partial charge < -0.3 is 15.2 Å². The van der Waals surface area contributed by atoms with Crippen LogP contribution in [0.3, 0.4) is 0 Å². The lowest BCUT2D eigenvalue weighted by atomic mass is 10.1. The number of rotatable bonds is 7. The van der Waals surface area contributed by atoms with Crippen molar-refractivity contribution in [2.24, 2.45) is 0 Å². The maximum absolute atomic E-state index is 12.1. The average molecular weight is 294 g/mol. The topological polar surface area (TPSA) is 78.9 Å². The van der Waals surface area contributed by atoms with Crippen LogP contribution in [-0.4, -0.2) is 37.3 Å². The summed E-state index contributed by atoms with van der Waals surface area (Å²) in [6, 6.07) is 5.68. The molecule has 0 aliphatic heterocycles. The number of urea groups is 1. The van der Waals surface area contributed by atoms with Crippen LogP contribution in [0.5, 0.6) is 5.75 Å². The fraction of sp³-hybridized carbons (Fsp3) is 0.467. The Kier molecular flexibility index (Phi) is 6.52. The van der Waals surface area contributed by atoms with Crippen LogP contribution < -0.4 is 15.0 Å². The number of carbonyl (C=O) groups is 2. The number of aliphatic carboxylic acids is 1. The molecule has 0 saturated heterocycles. The third-order valence-electron chi connectivity index (χ3n) is 3.19. The number of nitrogens with one attached hydrogen (secondary N) is 1. The predicted octanol–water partition coefficient (Wildman–Crippen LogP) is 2.48. The van der Waals surface area contributed by atoms with E-state index in [0.717, 1.165) is 12.8 Å². The minimum absolute atomic E-state index is 0.420. The third-order valence-corrected chi connectivity index (χ3v) is 3.19. The lowest BCUT2D eigenvalue weighted by Gasteiger charge is -2.21. The van der Waals surface area contributed by atoms with Gasteiger partial charge in [0.1, 0.15) is 11.8 Å². The highest BCUT2D eigenvalue weighted by Gasteiger charge is 2.21. The maximum Gasteiger partial charge on any atom is 0.326 e. The van der Waals surface area contributed by atoms with Gasteiger partial charge in [0.05, 0.1) is 7.11 Å². The molecule has 0 fully saturated rings. The van der Waals surface area contributed by atoms with Gasteiger partial charge in [-0.1, -0.05) is 25.8 Å². The van der Waals surface area contributed by atoms with Crippen molar-refractivity contribution in [3.63, 3.8) is 0 Å². The van der Waals surface area contributed by atoms with Crippen LogP contribution >= 0.6 is 0 Å². The number of nitrogens with zero attached hydrogens (tertiary/aromatic N) is 1. The zero-order chi connectivity index (χ0) is 15.8. The third kappa shape index (κ3) is 4.98. The molecule has 0 saturated carbocycles. The van der Waals surface area contributed by atoms with E-state index in [1.807, 2.05) is 6.92 Å². The van der Waals surface area contributed by atoms with E-state index in [0.29, 0.717) is 17.9 Å². The van der Waals surface area contributed by atoms with E-state index in [4.69, 9.17) is 9.84 Å². The number of unbranched alkanes of at least 4 members (excludes halogenated alkanes) is 1. The molecule has 1 aromatic rings. The maximum atomic E-state index is 12.1. The van der Waals surface area contributed by atoms with Crippen LogP contribution in [-0.2, 0) is 4.79 Å².